The third-order valence-corrected chi connectivity index (χ3v) is 4.39. The van der Waals surface area contributed by atoms with Gasteiger partial charge in [-0.25, -0.2) is 4.68 Å². The molecular formula is C21H22N4O2. The molecule has 0 saturated heterocycles. The van der Waals surface area contributed by atoms with Gasteiger partial charge in [-0.15, -0.1) is 0 Å². The van der Waals surface area contributed by atoms with Crippen LogP contribution >= 0.6 is 0 Å². The van der Waals surface area contributed by atoms with Gasteiger partial charge in [-0.2, -0.15) is 5.10 Å². The van der Waals surface area contributed by atoms with Gasteiger partial charge in [0.15, 0.2) is 0 Å². The Morgan fingerprint density at radius 3 is 2.44 bits per heavy atom. The number of carbonyl (C=O) groups is 2. The van der Waals surface area contributed by atoms with Crippen molar-refractivity contribution < 1.29 is 9.59 Å². The van der Waals surface area contributed by atoms with E-state index in [1.165, 1.54) is 0 Å². The van der Waals surface area contributed by atoms with Gasteiger partial charge < -0.3 is 10.6 Å². The Morgan fingerprint density at radius 2 is 1.74 bits per heavy atom. The maximum Gasteiger partial charge on any atom is 0.255 e. The molecule has 0 unspecified atom stereocenters. The van der Waals surface area contributed by atoms with Gasteiger partial charge in [-0.3, -0.25) is 9.59 Å². The number of amides is 2. The molecule has 2 amide bonds. The van der Waals surface area contributed by atoms with Crippen molar-refractivity contribution in [2.45, 2.75) is 20.4 Å². The van der Waals surface area contributed by atoms with Crippen molar-refractivity contribution in [1.29, 1.82) is 0 Å². The zero-order valence-corrected chi connectivity index (χ0v) is 15.6. The monoisotopic (exact) mass is 362 g/mol. The predicted molar refractivity (Wildman–Crippen MR) is 104 cm³/mol. The average Bonchev–Trinajstić information content (AvgIpc) is 3.00. The summed E-state index contributed by atoms with van der Waals surface area (Å²) < 4.78 is 1.77. The molecule has 6 heteroatoms. The second-order valence-corrected chi connectivity index (χ2v) is 6.26. The third-order valence-electron chi connectivity index (χ3n) is 4.39. The summed E-state index contributed by atoms with van der Waals surface area (Å²) in [5.41, 5.74) is 4.36. The first-order chi connectivity index (χ1) is 13.0. The summed E-state index contributed by atoms with van der Waals surface area (Å²) in [5, 5.41) is 10.0. The molecule has 6 nitrogen and oxygen atoms in total. The Labute approximate surface area is 158 Å². The van der Waals surface area contributed by atoms with E-state index in [4.69, 9.17) is 0 Å². The van der Waals surface area contributed by atoms with Crippen LogP contribution in [0.4, 0.5) is 0 Å². The van der Waals surface area contributed by atoms with Gasteiger partial charge in [0.1, 0.15) is 0 Å². The fraction of sp³-hybridized carbons (Fsp3) is 0.190. The standard InChI is InChI=1S/C21H22N4O2/c1-14-19(15(2)25(24-14)18-10-5-4-6-11-18)21(27)23-13-16-8-7-9-17(12-16)20(26)22-3/h4-12H,13H2,1-3H3,(H,22,26)(H,23,27). The van der Waals surface area contributed by atoms with Crippen LogP contribution in [-0.4, -0.2) is 28.6 Å². The summed E-state index contributed by atoms with van der Waals surface area (Å²) in [7, 11) is 1.59. The molecule has 0 aliphatic heterocycles. The van der Waals surface area contributed by atoms with Crippen molar-refractivity contribution in [1.82, 2.24) is 20.4 Å². The maximum atomic E-state index is 12.7. The number of aromatic nitrogens is 2. The van der Waals surface area contributed by atoms with E-state index in [1.54, 1.807) is 29.9 Å². The summed E-state index contributed by atoms with van der Waals surface area (Å²) in [5.74, 6) is -0.337. The van der Waals surface area contributed by atoms with Crippen LogP contribution in [-0.2, 0) is 6.54 Å². The van der Waals surface area contributed by atoms with E-state index in [0.717, 1.165) is 16.9 Å². The lowest BCUT2D eigenvalue weighted by Gasteiger charge is -2.08. The number of carbonyl (C=O) groups excluding carboxylic acids is 2. The fourth-order valence-corrected chi connectivity index (χ4v) is 3.03. The lowest BCUT2D eigenvalue weighted by atomic mass is 10.1. The Morgan fingerprint density at radius 1 is 1.00 bits per heavy atom. The van der Waals surface area contributed by atoms with Gasteiger partial charge in [0.05, 0.1) is 22.6 Å². The summed E-state index contributed by atoms with van der Waals surface area (Å²) in [4.78, 5) is 24.5. The Kier molecular flexibility index (Phi) is 5.35. The number of hydrogen-bond acceptors (Lipinski definition) is 3. The molecule has 1 aromatic heterocycles. The lowest BCUT2D eigenvalue weighted by Crippen LogP contribution is -2.24. The van der Waals surface area contributed by atoms with Crippen molar-refractivity contribution in [2.24, 2.45) is 0 Å². The summed E-state index contributed by atoms with van der Waals surface area (Å²) in [6, 6.07) is 16.9. The number of rotatable bonds is 5. The molecule has 2 N–H and O–H groups in total. The Balaban J connectivity index is 1.78. The second kappa shape index (κ2) is 7.86. The minimum absolute atomic E-state index is 0.154. The number of nitrogens with zero attached hydrogens (tertiary/aromatic N) is 2. The highest BCUT2D eigenvalue weighted by Gasteiger charge is 2.19. The van der Waals surface area contributed by atoms with Gasteiger partial charge >= 0.3 is 0 Å². The van der Waals surface area contributed by atoms with Gasteiger partial charge in [0.2, 0.25) is 0 Å². The molecule has 3 aromatic rings. The number of benzene rings is 2. The minimum Gasteiger partial charge on any atom is -0.355 e. The second-order valence-electron chi connectivity index (χ2n) is 6.26. The van der Waals surface area contributed by atoms with Gasteiger partial charge in [-0.05, 0) is 43.7 Å². The van der Waals surface area contributed by atoms with Crippen LogP contribution in [0.15, 0.2) is 54.6 Å². The van der Waals surface area contributed by atoms with Crippen LogP contribution in [0.1, 0.15) is 37.7 Å². The van der Waals surface area contributed by atoms with Crippen molar-refractivity contribution in [2.75, 3.05) is 7.05 Å². The smallest absolute Gasteiger partial charge is 0.255 e. The maximum absolute atomic E-state index is 12.7. The van der Waals surface area contributed by atoms with E-state index in [2.05, 4.69) is 15.7 Å². The lowest BCUT2D eigenvalue weighted by molar-refractivity contribution is 0.0947. The molecule has 27 heavy (non-hydrogen) atoms. The highest BCUT2D eigenvalue weighted by atomic mass is 16.2. The first-order valence-electron chi connectivity index (χ1n) is 8.72. The Bertz CT molecular complexity index is 977. The van der Waals surface area contributed by atoms with Crippen LogP contribution in [0, 0.1) is 13.8 Å². The zero-order valence-electron chi connectivity index (χ0n) is 15.6. The first kappa shape index (κ1) is 18.4. The normalized spacial score (nSPS) is 10.5. The number of nitrogens with one attached hydrogen (secondary N) is 2. The van der Waals surface area contributed by atoms with Crippen LogP contribution in [0.3, 0.4) is 0 Å². The topological polar surface area (TPSA) is 76.0 Å². The van der Waals surface area contributed by atoms with E-state index >= 15 is 0 Å². The molecule has 0 aliphatic carbocycles. The minimum atomic E-state index is -0.183. The zero-order chi connectivity index (χ0) is 19.4. The summed E-state index contributed by atoms with van der Waals surface area (Å²) in [6.45, 7) is 4.04. The average molecular weight is 362 g/mol. The third kappa shape index (κ3) is 3.89. The van der Waals surface area contributed by atoms with Crippen LogP contribution < -0.4 is 10.6 Å². The molecule has 3 rings (SSSR count). The Hall–Kier alpha value is -3.41. The van der Waals surface area contributed by atoms with Crippen molar-refractivity contribution in [3.8, 4) is 5.69 Å². The van der Waals surface area contributed by atoms with Crippen LogP contribution in [0.5, 0.6) is 0 Å². The quantitative estimate of drug-likeness (QED) is 0.733. The van der Waals surface area contributed by atoms with Crippen LogP contribution in [0.2, 0.25) is 0 Å². The molecule has 138 valence electrons. The largest absolute Gasteiger partial charge is 0.355 e. The highest BCUT2D eigenvalue weighted by molar-refractivity contribution is 5.96. The molecule has 1 heterocycles. The summed E-state index contributed by atoms with van der Waals surface area (Å²) >= 11 is 0. The van der Waals surface area contributed by atoms with Crippen LogP contribution in [0.25, 0.3) is 5.69 Å². The molecule has 0 fully saturated rings. The van der Waals surface area contributed by atoms with E-state index < -0.39 is 0 Å². The van der Waals surface area contributed by atoms with E-state index in [9.17, 15) is 9.59 Å². The predicted octanol–water partition coefficient (Wildman–Crippen LogP) is 2.78. The van der Waals surface area contributed by atoms with Crippen molar-refractivity contribution >= 4 is 11.8 Å². The molecule has 0 radical (unpaired) electrons. The van der Waals surface area contributed by atoms with Crippen molar-refractivity contribution in [3.63, 3.8) is 0 Å². The summed E-state index contributed by atoms with van der Waals surface area (Å²) in [6.07, 6.45) is 0. The fourth-order valence-electron chi connectivity index (χ4n) is 3.03. The molecule has 0 atom stereocenters. The molecule has 0 aliphatic rings. The molecule has 2 aromatic carbocycles. The van der Waals surface area contributed by atoms with E-state index in [-0.39, 0.29) is 11.8 Å². The molecule has 0 spiro atoms. The number of para-hydroxylation sites is 1. The molecular weight excluding hydrogens is 340 g/mol. The van der Waals surface area contributed by atoms with Crippen molar-refractivity contribution in [3.05, 3.63) is 82.7 Å². The SMILES string of the molecule is CNC(=O)c1cccc(CNC(=O)c2c(C)nn(-c3ccccc3)c2C)c1. The number of aryl methyl sites for hydroxylation is 1. The van der Waals surface area contributed by atoms with Gasteiger partial charge in [0.25, 0.3) is 11.8 Å². The molecule has 0 bridgehead atoms. The molecule has 0 saturated carbocycles. The first-order valence-corrected chi connectivity index (χ1v) is 8.72. The van der Waals surface area contributed by atoms with Gasteiger partial charge in [0, 0.05) is 19.2 Å². The number of hydrogen-bond donors (Lipinski definition) is 2. The highest BCUT2D eigenvalue weighted by Crippen LogP contribution is 2.18. The van der Waals surface area contributed by atoms with Gasteiger partial charge in [-0.1, -0.05) is 30.3 Å². The van der Waals surface area contributed by atoms with E-state index in [0.29, 0.717) is 23.4 Å². The van der Waals surface area contributed by atoms with E-state index in [1.807, 2.05) is 50.2 Å².